The van der Waals surface area contributed by atoms with E-state index in [9.17, 15) is 4.39 Å². The Labute approximate surface area is 142 Å². The minimum absolute atomic E-state index is 0.145. The van der Waals surface area contributed by atoms with E-state index in [2.05, 4.69) is 16.5 Å². The predicted octanol–water partition coefficient (Wildman–Crippen LogP) is 4.34. The molecule has 0 aliphatic carbocycles. The van der Waals surface area contributed by atoms with Crippen LogP contribution in [0.1, 0.15) is 25.6 Å². The van der Waals surface area contributed by atoms with Crippen molar-refractivity contribution in [1.82, 2.24) is 9.55 Å². The summed E-state index contributed by atoms with van der Waals surface area (Å²) in [6.07, 6.45) is 2.00. The molecule has 1 aliphatic heterocycles. The second kappa shape index (κ2) is 6.01. The Kier molecular flexibility index (Phi) is 4.43. The van der Waals surface area contributed by atoms with Gasteiger partial charge in [0.15, 0.2) is 0 Å². The van der Waals surface area contributed by atoms with Crippen molar-refractivity contribution in [2.24, 2.45) is 5.41 Å². The highest BCUT2D eigenvalue weighted by molar-refractivity contribution is 14.1. The van der Waals surface area contributed by atoms with E-state index >= 15 is 0 Å². The largest absolute Gasteiger partial charge is 0.381 e. The Hall–Kier alpha value is -0.400. The Morgan fingerprint density at radius 2 is 2.14 bits per heavy atom. The molecule has 0 N–H and O–H groups in total. The number of hydrogen-bond acceptors (Lipinski definition) is 2. The second-order valence-corrected chi connectivity index (χ2v) is 7.36. The molecule has 0 amide bonds. The predicted molar refractivity (Wildman–Crippen MR) is 90.1 cm³/mol. The molecule has 1 saturated heterocycles. The lowest BCUT2D eigenvalue weighted by atomic mass is 9.82. The van der Waals surface area contributed by atoms with E-state index in [1.54, 1.807) is 12.1 Å². The van der Waals surface area contributed by atoms with Gasteiger partial charge in [-0.05, 0) is 46.9 Å². The Bertz CT molecular complexity index is 667. The minimum Gasteiger partial charge on any atom is -0.381 e. The van der Waals surface area contributed by atoms with Crippen molar-refractivity contribution in [3.8, 4) is 0 Å². The summed E-state index contributed by atoms with van der Waals surface area (Å²) in [7, 11) is 0. The monoisotopic (exact) mass is 422 g/mol. The van der Waals surface area contributed by atoms with E-state index in [-0.39, 0.29) is 11.2 Å². The first-order valence-corrected chi connectivity index (χ1v) is 8.62. The van der Waals surface area contributed by atoms with Gasteiger partial charge in [0.25, 0.3) is 0 Å². The molecule has 2 aromatic rings. The maximum absolute atomic E-state index is 13.9. The van der Waals surface area contributed by atoms with E-state index < -0.39 is 0 Å². The van der Waals surface area contributed by atoms with Crippen LogP contribution in [0.5, 0.6) is 0 Å². The van der Waals surface area contributed by atoms with Gasteiger partial charge in [0.2, 0.25) is 0 Å². The summed E-state index contributed by atoms with van der Waals surface area (Å²) < 4.78 is 22.0. The molecule has 1 aromatic carbocycles. The zero-order chi connectivity index (χ0) is 15.0. The molecule has 3 nitrogen and oxygen atoms in total. The molecule has 0 spiro atoms. The fourth-order valence-corrected chi connectivity index (χ4v) is 3.51. The zero-order valence-corrected chi connectivity index (χ0v) is 14.7. The molecule has 21 heavy (non-hydrogen) atoms. The topological polar surface area (TPSA) is 27.1 Å². The number of aromatic nitrogens is 2. The molecule has 2 heterocycles. The summed E-state index contributed by atoms with van der Waals surface area (Å²) in [5, 5.41) is 0. The zero-order valence-electron chi connectivity index (χ0n) is 11.8. The summed E-state index contributed by atoms with van der Waals surface area (Å²) in [6, 6.07) is 3.35. The quantitative estimate of drug-likeness (QED) is 0.544. The van der Waals surface area contributed by atoms with Crippen LogP contribution in [0.25, 0.3) is 11.0 Å². The number of halogens is 3. The molecule has 3 rings (SSSR count). The van der Waals surface area contributed by atoms with Crippen molar-refractivity contribution in [2.45, 2.75) is 32.2 Å². The van der Waals surface area contributed by atoms with Crippen molar-refractivity contribution in [2.75, 3.05) is 13.2 Å². The van der Waals surface area contributed by atoms with Crippen LogP contribution < -0.4 is 0 Å². The SMILES string of the molecule is CC1(Cn2c(CCl)nc3cc(I)c(F)cc32)CCOCC1. The molecule has 0 unspecified atom stereocenters. The first-order chi connectivity index (χ1) is 10.0. The van der Waals surface area contributed by atoms with Crippen molar-refractivity contribution in [3.05, 3.63) is 27.3 Å². The molecular weight excluding hydrogens is 406 g/mol. The number of ether oxygens (including phenoxy) is 1. The third-order valence-electron chi connectivity index (χ3n) is 4.23. The average Bonchev–Trinajstić information content (AvgIpc) is 2.77. The Balaban J connectivity index is 2.05. The van der Waals surface area contributed by atoms with E-state index in [4.69, 9.17) is 16.3 Å². The van der Waals surface area contributed by atoms with Gasteiger partial charge in [-0.3, -0.25) is 0 Å². The first-order valence-electron chi connectivity index (χ1n) is 7.00. The van der Waals surface area contributed by atoms with Gasteiger partial charge < -0.3 is 9.30 Å². The molecule has 114 valence electrons. The number of rotatable bonds is 3. The highest BCUT2D eigenvalue weighted by Crippen LogP contribution is 2.34. The summed E-state index contributed by atoms with van der Waals surface area (Å²) in [4.78, 5) is 4.56. The molecule has 1 aliphatic rings. The minimum atomic E-state index is -0.206. The lowest BCUT2D eigenvalue weighted by Crippen LogP contribution is -2.31. The standard InChI is InChI=1S/C15H17ClFIN2O/c1-15(2-4-21-5-3-15)9-20-13-6-10(17)11(18)7-12(13)19-14(20)8-16/h6-7H,2-5,8-9H2,1H3. The van der Waals surface area contributed by atoms with Crippen molar-refractivity contribution >= 4 is 45.2 Å². The van der Waals surface area contributed by atoms with E-state index in [1.807, 2.05) is 22.6 Å². The van der Waals surface area contributed by atoms with Gasteiger partial charge in [0.05, 0.1) is 20.5 Å². The van der Waals surface area contributed by atoms with Crippen molar-refractivity contribution in [3.63, 3.8) is 0 Å². The maximum atomic E-state index is 13.9. The molecule has 6 heteroatoms. The fraction of sp³-hybridized carbons (Fsp3) is 0.533. The molecular formula is C15H17ClFIN2O. The molecule has 0 atom stereocenters. The highest BCUT2D eigenvalue weighted by atomic mass is 127. The first kappa shape index (κ1) is 15.5. The summed E-state index contributed by atoms with van der Waals surface area (Å²) in [5.41, 5.74) is 1.79. The van der Waals surface area contributed by atoms with Gasteiger partial charge in [0.1, 0.15) is 11.6 Å². The maximum Gasteiger partial charge on any atom is 0.138 e. The highest BCUT2D eigenvalue weighted by Gasteiger charge is 2.29. The number of benzene rings is 1. The third kappa shape index (κ3) is 3.05. The van der Waals surface area contributed by atoms with Crippen LogP contribution in [-0.2, 0) is 17.2 Å². The third-order valence-corrected chi connectivity index (χ3v) is 5.29. The Morgan fingerprint density at radius 3 is 2.81 bits per heavy atom. The summed E-state index contributed by atoms with van der Waals surface area (Å²) in [5.74, 6) is 0.933. The van der Waals surface area contributed by atoms with Crippen LogP contribution in [0, 0.1) is 14.8 Å². The molecule has 1 fully saturated rings. The molecule has 1 aromatic heterocycles. The van der Waals surface area contributed by atoms with Crippen LogP contribution in [0.2, 0.25) is 0 Å². The summed E-state index contributed by atoms with van der Waals surface area (Å²) in [6.45, 7) is 4.62. The average molecular weight is 423 g/mol. The summed E-state index contributed by atoms with van der Waals surface area (Å²) >= 11 is 8.03. The smallest absolute Gasteiger partial charge is 0.138 e. The van der Waals surface area contributed by atoms with Crippen LogP contribution in [0.4, 0.5) is 4.39 Å². The van der Waals surface area contributed by atoms with Crippen molar-refractivity contribution < 1.29 is 9.13 Å². The van der Waals surface area contributed by atoms with E-state index in [0.717, 1.165) is 49.5 Å². The molecule has 0 radical (unpaired) electrons. The lowest BCUT2D eigenvalue weighted by molar-refractivity contribution is 0.0157. The second-order valence-electron chi connectivity index (χ2n) is 5.93. The number of alkyl halides is 1. The van der Waals surface area contributed by atoms with Gasteiger partial charge in [-0.15, -0.1) is 11.6 Å². The van der Waals surface area contributed by atoms with Crippen LogP contribution in [0.15, 0.2) is 12.1 Å². The lowest BCUT2D eigenvalue weighted by Gasteiger charge is -2.34. The number of fused-ring (bicyclic) bond motifs is 1. The number of hydrogen-bond donors (Lipinski definition) is 0. The fourth-order valence-electron chi connectivity index (χ4n) is 2.85. The van der Waals surface area contributed by atoms with Gasteiger partial charge in [-0.1, -0.05) is 6.92 Å². The molecule has 0 bridgehead atoms. The normalized spacial score (nSPS) is 18.3. The van der Waals surface area contributed by atoms with Crippen LogP contribution in [-0.4, -0.2) is 22.8 Å². The molecule has 0 saturated carbocycles. The van der Waals surface area contributed by atoms with Gasteiger partial charge in [-0.25, -0.2) is 9.37 Å². The van der Waals surface area contributed by atoms with Gasteiger partial charge >= 0.3 is 0 Å². The van der Waals surface area contributed by atoms with E-state index in [0.29, 0.717) is 9.45 Å². The van der Waals surface area contributed by atoms with Gasteiger partial charge in [0, 0.05) is 25.8 Å². The number of imidazole rings is 1. The van der Waals surface area contributed by atoms with Crippen molar-refractivity contribution in [1.29, 1.82) is 0 Å². The van der Waals surface area contributed by atoms with E-state index in [1.165, 1.54) is 0 Å². The number of nitrogens with zero attached hydrogens (tertiary/aromatic N) is 2. The van der Waals surface area contributed by atoms with Crippen LogP contribution in [0.3, 0.4) is 0 Å². The van der Waals surface area contributed by atoms with Crippen LogP contribution >= 0.6 is 34.2 Å². The Morgan fingerprint density at radius 1 is 1.43 bits per heavy atom. The van der Waals surface area contributed by atoms with Gasteiger partial charge in [-0.2, -0.15) is 0 Å².